The minimum absolute atomic E-state index is 0.103. The molecule has 2 aromatic rings. The highest BCUT2D eigenvalue weighted by Gasteiger charge is 2.36. The Hall–Kier alpha value is -2.74. The Balaban J connectivity index is 1.78. The Kier molecular flexibility index (Phi) is 3.76. The van der Waals surface area contributed by atoms with Gasteiger partial charge in [0.25, 0.3) is 5.91 Å². The molecule has 0 saturated carbocycles. The van der Waals surface area contributed by atoms with Crippen LogP contribution in [-0.2, 0) is 13.6 Å². The van der Waals surface area contributed by atoms with E-state index in [1.54, 1.807) is 11.9 Å². The molecule has 1 unspecified atom stereocenters. The van der Waals surface area contributed by atoms with E-state index in [0.29, 0.717) is 6.54 Å². The molecule has 1 saturated heterocycles. The zero-order chi connectivity index (χ0) is 17.6. The van der Waals surface area contributed by atoms with E-state index in [9.17, 15) is 14.9 Å². The van der Waals surface area contributed by atoms with Crippen LogP contribution in [0, 0.1) is 10.1 Å². The van der Waals surface area contributed by atoms with Crippen molar-refractivity contribution < 1.29 is 9.72 Å². The quantitative estimate of drug-likeness (QED) is 0.616. The molecule has 1 atom stereocenters. The molecule has 3 heterocycles. The molecule has 0 radical (unpaired) electrons. The summed E-state index contributed by atoms with van der Waals surface area (Å²) < 4.78 is 1.32. The highest BCUT2D eigenvalue weighted by Crippen LogP contribution is 2.33. The number of hydrogen-bond donors (Lipinski definition) is 0. The predicted molar refractivity (Wildman–Crippen MR) is 91.4 cm³/mol. The molecule has 1 aromatic carbocycles. The summed E-state index contributed by atoms with van der Waals surface area (Å²) in [7, 11) is 1.58. The number of benzene rings is 1. The second-order valence-corrected chi connectivity index (χ2v) is 6.60. The van der Waals surface area contributed by atoms with Gasteiger partial charge in [0.1, 0.15) is 6.20 Å². The highest BCUT2D eigenvalue weighted by atomic mass is 16.6. The Morgan fingerprint density at radius 3 is 2.96 bits per heavy atom. The molecular weight excluding hydrogens is 322 g/mol. The normalized spacial score (nSPS) is 20.0. The zero-order valence-electron chi connectivity index (χ0n) is 14.0. The van der Waals surface area contributed by atoms with E-state index < -0.39 is 10.8 Å². The number of aryl methyl sites for hydroxylation is 1. The Bertz CT molecular complexity index is 847. The average Bonchev–Trinajstić information content (AvgIpc) is 3.16. The fraction of sp³-hybridized carbons (Fsp3) is 0.412. The van der Waals surface area contributed by atoms with Crippen LogP contribution in [0.2, 0.25) is 0 Å². The van der Waals surface area contributed by atoms with Gasteiger partial charge in [0.2, 0.25) is 5.69 Å². The van der Waals surface area contributed by atoms with Gasteiger partial charge >= 0.3 is 5.69 Å². The van der Waals surface area contributed by atoms with Crippen molar-refractivity contribution in [1.29, 1.82) is 0 Å². The van der Waals surface area contributed by atoms with E-state index in [4.69, 9.17) is 0 Å². The van der Waals surface area contributed by atoms with Gasteiger partial charge in [0, 0.05) is 31.9 Å². The summed E-state index contributed by atoms with van der Waals surface area (Å²) in [4.78, 5) is 28.0. The molecule has 25 heavy (non-hydrogen) atoms. The maximum atomic E-state index is 13.2. The third kappa shape index (κ3) is 2.68. The number of hydrogen-bond acceptors (Lipinski definition) is 5. The molecule has 8 nitrogen and oxygen atoms in total. The first-order valence-corrected chi connectivity index (χ1v) is 8.36. The largest absolute Gasteiger partial charge is 0.320 e. The average molecular weight is 341 g/mol. The van der Waals surface area contributed by atoms with Crippen LogP contribution in [0.15, 0.2) is 30.5 Å². The summed E-state index contributed by atoms with van der Waals surface area (Å²) in [5, 5.41) is 15.4. The molecule has 2 aliphatic heterocycles. The number of amides is 1. The van der Waals surface area contributed by atoms with Crippen molar-refractivity contribution in [2.24, 2.45) is 7.05 Å². The first-order valence-electron chi connectivity index (χ1n) is 8.36. The van der Waals surface area contributed by atoms with Crippen molar-refractivity contribution in [3.05, 3.63) is 51.8 Å². The van der Waals surface area contributed by atoms with Gasteiger partial charge in [-0.3, -0.25) is 24.5 Å². The van der Waals surface area contributed by atoms with Crippen LogP contribution in [0.1, 0.15) is 28.9 Å². The predicted octanol–water partition coefficient (Wildman–Crippen LogP) is 1.95. The van der Waals surface area contributed by atoms with Gasteiger partial charge in [0.05, 0.1) is 4.92 Å². The van der Waals surface area contributed by atoms with E-state index in [0.717, 1.165) is 37.2 Å². The molecule has 1 fully saturated rings. The van der Waals surface area contributed by atoms with Crippen molar-refractivity contribution in [2.75, 3.05) is 18.0 Å². The van der Waals surface area contributed by atoms with Gasteiger partial charge < -0.3 is 4.90 Å². The fourth-order valence-electron chi connectivity index (χ4n) is 3.83. The minimum atomic E-state index is -0.550. The number of rotatable bonds is 2. The SMILES string of the molecule is Cn1cc([N+](=O)[O-])c(C(=O)N2CC3CCCN3Cc3ccccc32)n1. The third-order valence-corrected chi connectivity index (χ3v) is 5.00. The second-order valence-electron chi connectivity index (χ2n) is 6.60. The maximum Gasteiger partial charge on any atom is 0.320 e. The van der Waals surface area contributed by atoms with Crippen LogP contribution in [-0.4, -0.2) is 44.6 Å². The van der Waals surface area contributed by atoms with Crippen LogP contribution in [0.5, 0.6) is 0 Å². The number of carbonyl (C=O) groups is 1. The van der Waals surface area contributed by atoms with E-state index in [1.165, 1.54) is 10.9 Å². The second kappa shape index (κ2) is 5.96. The van der Waals surface area contributed by atoms with Gasteiger partial charge in [0.15, 0.2) is 0 Å². The molecule has 2 aliphatic rings. The molecule has 4 rings (SSSR count). The lowest BCUT2D eigenvalue weighted by atomic mass is 10.1. The Morgan fingerprint density at radius 1 is 1.36 bits per heavy atom. The fourth-order valence-corrected chi connectivity index (χ4v) is 3.83. The monoisotopic (exact) mass is 341 g/mol. The smallest absolute Gasteiger partial charge is 0.305 e. The number of anilines is 1. The Labute approximate surface area is 144 Å². The lowest BCUT2D eigenvalue weighted by Crippen LogP contribution is -2.40. The molecule has 1 amide bonds. The van der Waals surface area contributed by atoms with E-state index in [2.05, 4.69) is 10.00 Å². The van der Waals surface area contributed by atoms with Crippen LogP contribution < -0.4 is 4.90 Å². The summed E-state index contributed by atoms with van der Waals surface area (Å²) in [5.74, 6) is -0.409. The summed E-state index contributed by atoms with van der Waals surface area (Å²) in [6, 6.07) is 8.05. The van der Waals surface area contributed by atoms with Crippen LogP contribution in [0.3, 0.4) is 0 Å². The number of nitro groups is 1. The summed E-state index contributed by atoms with van der Waals surface area (Å²) in [5.41, 5.74) is 1.53. The van der Waals surface area contributed by atoms with Crippen molar-refractivity contribution in [3.63, 3.8) is 0 Å². The summed E-state index contributed by atoms with van der Waals surface area (Å²) in [6.07, 6.45) is 3.42. The highest BCUT2D eigenvalue weighted by molar-refractivity contribution is 6.07. The topological polar surface area (TPSA) is 84.5 Å². The molecule has 8 heteroatoms. The Morgan fingerprint density at radius 2 is 2.16 bits per heavy atom. The molecule has 0 spiro atoms. The molecular formula is C17H19N5O3. The van der Waals surface area contributed by atoms with Gasteiger partial charge in [-0.15, -0.1) is 0 Å². The standard InChI is InChI=1S/C17H19N5O3/c1-19-11-15(22(24)25)16(18-19)17(23)21-10-13-6-4-8-20(13)9-12-5-2-3-7-14(12)21/h2-3,5,7,11,13H,4,6,8-10H2,1H3. The molecule has 1 aromatic heterocycles. The molecule has 0 bridgehead atoms. The van der Waals surface area contributed by atoms with Crippen LogP contribution in [0.25, 0.3) is 0 Å². The van der Waals surface area contributed by atoms with Crippen molar-refractivity contribution in [1.82, 2.24) is 14.7 Å². The maximum absolute atomic E-state index is 13.2. The number of aromatic nitrogens is 2. The number of carbonyl (C=O) groups excluding carboxylic acids is 1. The number of para-hydroxylation sites is 1. The van der Waals surface area contributed by atoms with Crippen molar-refractivity contribution in [2.45, 2.75) is 25.4 Å². The minimum Gasteiger partial charge on any atom is -0.305 e. The molecule has 0 N–H and O–H groups in total. The van der Waals surface area contributed by atoms with Crippen LogP contribution >= 0.6 is 0 Å². The molecule has 0 aliphatic carbocycles. The lowest BCUT2D eigenvalue weighted by Gasteiger charge is -2.25. The summed E-state index contributed by atoms with van der Waals surface area (Å²) >= 11 is 0. The first-order chi connectivity index (χ1) is 12.0. The van der Waals surface area contributed by atoms with E-state index >= 15 is 0 Å². The van der Waals surface area contributed by atoms with Crippen LogP contribution in [0.4, 0.5) is 11.4 Å². The van der Waals surface area contributed by atoms with E-state index in [-0.39, 0.29) is 17.4 Å². The van der Waals surface area contributed by atoms with Crippen molar-refractivity contribution in [3.8, 4) is 0 Å². The number of nitrogens with zero attached hydrogens (tertiary/aromatic N) is 5. The first kappa shape index (κ1) is 15.8. The van der Waals surface area contributed by atoms with Gasteiger partial charge in [-0.25, -0.2) is 0 Å². The van der Waals surface area contributed by atoms with Gasteiger partial charge in [-0.2, -0.15) is 5.10 Å². The third-order valence-electron chi connectivity index (χ3n) is 5.00. The number of fused-ring (bicyclic) bond motifs is 2. The summed E-state index contributed by atoms with van der Waals surface area (Å²) in [6.45, 7) is 2.35. The zero-order valence-corrected chi connectivity index (χ0v) is 14.0. The molecule has 130 valence electrons. The van der Waals surface area contributed by atoms with Gasteiger partial charge in [-0.05, 0) is 31.0 Å². The van der Waals surface area contributed by atoms with Gasteiger partial charge in [-0.1, -0.05) is 18.2 Å². The van der Waals surface area contributed by atoms with E-state index in [1.807, 2.05) is 24.3 Å². The van der Waals surface area contributed by atoms with Crippen molar-refractivity contribution >= 4 is 17.3 Å². The lowest BCUT2D eigenvalue weighted by molar-refractivity contribution is -0.385.